The summed E-state index contributed by atoms with van der Waals surface area (Å²) in [6, 6.07) is 15.2. The van der Waals surface area contributed by atoms with Crippen LogP contribution < -0.4 is 20.9 Å². The first-order valence-electron chi connectivity index (χ1n) is 8.41. The zero-order valence-electron chi connectivity index (χ0n) is 14.1. The van der Waals surface area contributed by atoms with Crippen molar-refractivity contribution in [2.45, 2.75) is 32.0 Å². The molecule has 0 aromatic heterocycles. The van der Waals surface area contributed by atoms with E-state index in [1.54, 1.807) is 0 Å². The number of ether oxygens (including phenoxy) is 1. The Hall–Kier alpha value is -2.08. The smallest absolute Gasteiger partial charge is 0.238 e. The van der Waals surface area contributed by atoms with Crippen molar-refractivity contribution >= 4 is 17.5 Å². The van der Waals surface area contributed by atoms with Crippen LogP contribution >= 0.6 is 11.6 Å². The van der Waals surface area contributed by atoms with Crippen molar-refractivity contribution in [3.63, 3.8) is 0 Å². The molecule has 1 aliphatic rings. The summed E-state index contributed by atoms with van der Waals surface area (Å²) in [5, 5.41) is 3.68. The standard InChI is InChI=1S/C19H22ClN3O2/c1-2-25-16-5-3-4-13(10-16)12-21-19(24)18-11-17(22-23-18)14-6-8-15(20)9-7-14/h3-10,17-18,22-23H,2,11-12H2,1H3,(H,21,24). The summed E-state index contributed by atoms with van der Waals surface area (Å²) in [7, 11) is 0. The van der Waals surface area contributed by atoms with E-state index >= 15 is 0 Å². The Morgan fingerprint density at radius 1 is 1.24 bits per heavy atom. The maximum atomic E-state index is 12.4. The quantitative estimate of drug-likeness (QED) is 0.742. The van der Waals surface area contributed by atoms with Crippen molar-refractivity contribution < 1.29 is 9.53 Å². The van der Waals surface area contributed by atoms with Crippen LogP contribution in [0.25, 0.3) is 0 Å². The highest BCUT2D eigenvalue weighted by Crippen LogP contribution is 2.23. The lowest BCUT2D eigenvalue weighted by Gasteiger charge is -2.11. The van der Waals surface area contributed by atoms with Crippen molar-refractivity contribution in [1.29, 1.82) is 0 Å². The predicted octanol–water partition coefficient (Wildman–Crippen LogP) is 2.96. The molecule has 3 N–H and O–H groups in total. The summed E-state index contributed by atoms with van der Waals surface area (Å²) in [4.78, 5) is 12.4. The summed E-state index contributed by atoms with van der Waals surface area (Å²) in [6.07, 6.45) is 0.687. The Balaban J connectivity index is 1.52. The van der Waals surface area contributed by atoms with Crippen molar-refractivity contribution in [1.82, 2.24) is 16.2 Å². The van der Waals surface area contributed by atoms with Crippen LogP contribution in [0.1, 0.15) is 30.5 Å². The lowest BCUT2D eigenvalue weighted by molar-refractivity contribution is -0.123. The second-order valence-corrected chi connectivity index (χ2v) is 6.42. The van der Waals surface area contributed by atoms with Crippen molar-refractivity contribution in [3.8, 4) is 5.75 Å². The van der Waals surface area contributed by atoms with E-state index in [0.29, 0.717) is 24.6 Å². The molecule has 0 bridgehead atoms. The number of amides is 1. The molecule has 1 amide bonds. The zero-order valence-corrected chi connectivity index (χ0v) is 14.8. The van der Waals surface area contributed by atoms with Crippen molar-refractivity contribution in [2.24, 2.45) is 0 Å². The van der Waals surface area contributed by atoms with Gasteiger partial charge in [0.1, 0.15) is 11.8 Å². The van der Waals surface area contributed by atoms with Gasteiger partial charge in [0.15, 0.2) is 0 Å². The van der Waals surface area contributed by atoms with E-state index in [0.717, 1.165) is 16.9 Å². The third kappa shape index (κ3) is 4.72. The molecule has 0 spiro atoms. The van der Waals surface area contributed by atoms with Gasteiger partial charge in [0.05, 0.1) is 6.61 Å². The van der Waals surface area contributed by atoms with E-state index in [2.05, 4.69) is 16.2 Å². The summed E-state index contributed by atoms with van der Waals surface area (Å²) in [5.41, 5.74) is 8.36. The number of carbonyl (C=O) groups is 1. The summed E-state index contributed by atoms with van der Waals surface area (Å²) in [5.74, 6) is 0.795. The molecule has 2 aromatic carbocycles. The molecule has 6 heteroatoms. The van der Waals surface area contributed by atoms with E-state index in [1.165, 1.54) is 0 Å². The van der Waals surface area contributed by atoms with Crippen LogP contribution in [0.2, 0.25) is 5.02 Å². The lowest BCUT2D eigenvalue weighted by atomic mass is 10.0. The van der Waals surface area contributed by atoms with E-state index < -0.39 is 0 Å². The SMILES string of the molecule is CCOc1cccc(CNC(=O)C2CC(c3ccc(Cl)cc3)NN2)c1. The van der Waals surface area contributed by atoms with Gasteiger partial charge in [-0.1, -0.05) is 35.9 Å². The van der Waals surface area contributed by atoms with Gasteiger partial charge in [-0.3, -0.25) is 4.79 Å². The zero-order chi connectivity index (χ0) is 17.6. The Labute approximate surface area is 152 Å². The number of halogens is 1. The maximum absolute atomic E-state index is 12.4. The molecule has 0 aliphatic carbocycles. The first kappa shape index (κ1) is 17.7. The molecule has 0 saturated carbocycles. The molecule has 1 saturated heterocycles. The fourth-order valence-corrected chi connectivity index (χ4v) is 2.99. The normalized spacial score (nSPS) is 19.6. The van der Waals surface area contributed by atoms with Crippen LogP contribution in [-0.2, 0) is 11.3 Å². The monoisotopic (exact) mass is 359 g/mol. The van der Waals surface area contributed by atoms with E-state index in [9.17, 15) is 4.79 Å². The minimum Gasteiger partial charge on any atom is -0.494 e. The van der Waals surface area contributed by atoms with Gasteiger partial charge < -0.3 is 10.1 Å². The second-order valence-electron chi connectivity index (χ2n) is 5.98. The molecule has 2 aromatic rings. The van der Waals surface area contributed by atoms with Crippen molar-refractivity contribution in [3.05, 3.63) is 64.7 Å². The maximum Gasteiger partial charge on any atom is 0.238 e. The third-order valence-electron chi connectivity index (χ3n) is 4.17. The Kier molecular flexibility index (Phi) is 5.91. The van der Waals surface area contributed by atoms with Gasteiger partial charge >= 0.3 is 0 Å². The van der Waals surface area contributed by atoms with Gasteiger partial charge in [0.2, 0.25) is 5.91 Å². The van der Waals surface area contributed by atoms with E-state index in [-0.39, 0.29) is 18.0 Å². The Morgan fingerprint density at radius 3 is 2.80 bits per heavy atom. The van der Waals surface area contributed by atoms with Crippen molar-refractivity contribution in [2.75, 3.05) is 6.61 Å². The minimum absolute atomic E-state index is 0.0224. The van der Waals surface area contributed by atoms with Crippen LogP contribution in [0, 0.1) is 0 Å². The Morgan fingerprint density at radius 2 is 2.04 bits per heavy atom. The summed E-state index contributed by atoms with van der Waals surface area (Å²) >= 11 is 5.92. The highest BCUT2D eigenvalue weighted by atomic mass is 35.5. The molecule has 132 valence electrons. The van der Waals surface area contributed by atoms with Gasteiger partial charge in [0, 0.05) is 17.6 Å². The van der Waals surface area contributed by atoms with Crippen LogP contribution in [0.3, 0.4) is 0 Å². The molecule has 5 nitrogen and oxygen atoms in total. The van der Waals surface area contributed by atoms with Gasteiger partial charge in [-0.25, -0.2) is 10.9 Å². The highest BCUT2D eigenvalue weighted by Gasteiger charge is 2.29. The molecule has 1 heterocycles. The predicted molar refractivity (Wildman–Crippen MR) is 98.3 cm³/mol. The number of carbonyl (C=O) groups excluding carboxylic acids is 1. The molecule has 1 fully saturated rings. The first-order chi connectivity index (χ1) is 12.2. The molecule has 2 unspecified atom stereocenters. The van der Waals surface area contributed by atoms with Gasteiger partial charge in [-0.2, -0.15) is 0 Å². The largest absolute Gasteiger partial charge is 0.494 e. The minimum atomic E-state index is -0.268. The molecular weight excluding hydrogens is 338 g/mol. The molecular formula is C19H22ClN3O2. The van der Waals surface area contributed by atoms with Crippen LogP contribution in [0.4, 0.5) is 0 Å². The topological polar surface area (TPSA) is 62.4 Å². The van der Waals surface area contributed by atoms with Gasteiger partial charge in [-0.15, -0.1) is 0 Å². The average Bonchev–Trinajstić information content (AvgIpc) is 3.11. The number of nitrogens with one attached hydrogen (secondary N) is 3. The highest BCUT2D eigenvalue weighted by molar-refractivity contribution is 6.30. The molecule has 1 aliphatic heterocycles. The fraction of sp³-hybridized carbons (Fsp3) is 0.316. The summed E-state index contributed by atoms with van der Waals surface area (Å²) in [6.45, 7) is 3.05. The van der Waals surface area contributed by atoms with Crippen LogP contribution in [0.15, 0.2) is 48.5 Å². The number of hydrazine groups is 1. The number of benzene rings is 2. The third-order valence-corrected chi connectivity index (χ3v) is 4.42. The van der Waals surface area contributed by atoms with Gasteiger partial charge in [-0.05, 0) is 48.7 Å². The van der Waals surface area contributed by atoms with E-state index in [1.807, 2.05) is 55.5 Å². The number of hydrogen-bond donors (Lipinski definition) is 3. The second kappa shape index (κ2) is 8.34. The number of hydrogen-bond acceptors (Lipinski definition) is 4. The fourth-order valence-electron chi connectivity index (χ4n) is 2.87. The van der Waals surface area contributed by atoms with E-state index in [4.69, 9.17) is 16.3 Å². The van der Waals surface area contributed by atoms with Crippen LogP contribution in [-0.4, -0.2) is 18.6 Å². The lowest BCUT2D eigenvalue weighted by Crippen LogP contribution is -2.42. The molecule has 2 atom stereocenters. The molecule has 25 heavy (non-hydrogen) atoms. The first-order valence-corrected chi connectivity index (χ1v) is 8.79. The molecule has 3 rings (SSSR count). The average molecular weight is 360 g/mol. The Bertz CT molecular complexity index is 721. The molecule has 0 radical (unpaired) electrons. The van der Waals surface area contributed by atoms with Crippen LogP contribution in [0.5, 0.6) is 5.75 Å². The summed E-state index contributed by atoms with van der Waals surface area (Å²) < 4.78 is 5.48. The number of rotatable bonds is 6. The van der Waals surface area contributed by atoms with Gasteiger partial charge in [0.25, 0.3) is 0 Å².